The van der Waals surface area contributed by atoms with E-state index >= 15 is 0 Å². The predicted molar refractivity (Wildman–Crippen MR) is 72.5 cm³/mol. The molecule has 92 valence electrons. The van der Waals surface area contributed by atoms with Gasteiger partial charge in [-0.15, -0.1) is 0 Å². The third-order valence-corrected chi connectivity index (χ3v) is 3.35. The number of anilines is 1. The molecule has 0 unspecified atom stereocenters. The molecule has 0 radical (unpaired) electrons. The van der Waals surface area contributed by atoms with E-state index in [4.69, 9.17) is 11.5 Å². The lowest BCUT2D eigenvalue weighted by Gasteiger charge is -2.06. The average molecular weight is 259 g/mol. The summed E-state index contributed by atoms with van der Waals surface area (Å²) in [5.74, 6) is -0.523. The lowest BCUT2D eigenvalue weighted by Crippen LogP contribution is -2.13. The molecule has 1 aromatic carbocycles. The molecule has 1 amide bonds. The number of carbonyl (C=O) groups is 1. The Hall–Kier alpha value is -2.01. The lowest BCUT2D eigenvalue weighted by molar-refractivity contribution is 0.0997. The molecule has 1 heterocycles. The van der Waals surface area contributed by atoms with Crippen molar-refractivity contribution >= 4 is 23.4 Å². The Morgan fingerprint density at radius 1 is 1.33 bits per heavy atom. The largest absolute Gasteiger partial charge is 0.397 e. The molecule has 2 aromatic rings. The van der Waals surface area contributed by atoms with E-state index in [0.29, 0.717) is 16.3 Å². The standard InChI is InChI=1S/C13H13N3OS/c1-8-3-2-4-10(5-8)18-13-11(12(15)17)6-9(14)7-16-13/h2-7H,14H2,1H3,(H2,15,17). The highest BCUT2D eigenvalue weighted by molar-refractivity contribution is 7.99. The predicted octanol–water partition coefficient (Wildman–Crippen LogP) is 2.22. The second kappa shape index (κ2) is 5.10. The molecule has 5 heteroatoms. The zero-order valence-electron chi connectivity index (χ0n) is 9.88. The van der Waals surface area contributed by atoms with E-state index in [1.165, 1.54) is 18.0 Å². The number of hydrogen-bond donors (Lipinski definition) is 2. The van der Waals surface area contributed by atoms with E-state index < -0.39 is 5.91 Å². The number of nitrogens with zero attached hydrogens (tertiary/aromatic N) is 1. The minimum absolute atomic E-state index is 0.349. The zero-order chi connectivity index (χ0) is 13.1. The number of rotatable bonds is 3. The fourth-order valence-corrected chi connectivity index (χ4v) is 2.51. The van der Waals surface area contributed by atoms with Crippen molar-refractivity contribution in [3.8, 4) is 0 Å². The van der Waals surface area contributed by atoms with E-state index in [9.17, 15) is 4.79 Å². The number of benzene rings is 1. The fourth-order valence-electron chi connectivity index (χ4n) is 1.52. The average Bonchev–Trinajstić information content (AvgIpc) is 2.31. The number of nitrogen functional groups attached to an aromatic ring is 1. The Bertz CT molecular complexity index is 599. The van der Waals surface area contributed by atoms with Crippen molar-refractivity contribution < 1.29 is 4.79 Å². The van der Waals surface area contributed by atoms with Crippen molar-refractivity contribution in [3.63, 3.8) is 0 Å². The van der Waals surface area contributed by atoms with Crippen molar-refractivity contribution in [1.29, 1.82) is 0 Å². The number of aromatic nitrogens is 1. The topological polar surface area (TPSA) is 82.0 Å². The van der Waals surface area contributed by atoms with Crippen LogP contribution in [0, 0.1) is 6.92 Å². The maximum absolute atomic E-state index is 11.3. The number of carbonyl (C=O) groups excluding carboxylic acids is 1. The molecule has 0 aliphatic heterocycles. The summed E-state index contributed by atoms with van der Waals surface area (Å²) in [6.07, 6.45) is 1.52. The normalized spacial score (nSPS) is 10.3. The van der Waals surface area contributed by atoms with Gasteiger partial charge in [-0.3, -0.25) is 4.79 Å². The van der Waals surface area contributed by atoms with Gasteiger partial charge in [-0.25, -0.2) is 4.98 Å². The zero-order valence-corrected chi connectivity index (χ0v) is 10.7. The third-order valence-electron chi connectivity index (χ3n) is 2.34. The molecule has 1 aromatic heterocycles. The molecule has 0 saturated carbocycles. The van der Waals surface area contributed by atoms with E-state index in [2.05, 4.69) is 4.98 Å². The Balaban J connectivity index is 2.37. The van der Waals surface area contributed by atoms with Crippen LogP contribution in [0.25, 0.3) is 0 Å². The van der Waals surface area contributed by atoms with Crippen molar-refractivity contribution in [2.45, 2.75) is 16.8 Å². The molecule has 0 saturated heterocycles. The fraction of sp³-hybridized carbons (Fsp3) is 0.0769. The number of aryl methyl sites for hydroxylation is 1. The Morgan fingerprint density at radius 3 is 2.78 bits per heavy atom. The summed E-state index contributed by atoms with van der Waals surface area (Å²) in [4.78, 5) is 16.5. The summed E-state index contributed by atoms with van der Waals surface area (Å²) >= 11 is 1.40. The molecular weight excluding hydrogens is 246 g/mol. The van der Waals surface area contributed by atoms with Gasteiger partial charge in [-0.1, -0.05) is 29.5 Å². The van der Waals surface area contributed by atoms with E-state index in [0.717, 1.165) is 10.5 Å². The van der Waals surface area contributed by atoms with Crippen molar-refractivity contribution in [3.05, 3.63) is 47.7 Å². The van der Waals surface area contributed by atoms with Crippen LogP contribution in [0.2, 0.25) is 0 Å². The number of nitrogens with two attached hydrogens (primary N) is 2. The van der Waals surface area contributed by atoms with Crippen LogP contribution >= 0.6 is 11.8 Å². The van der Waals surface area contributed by atoms with Crippen LogP contribution in [-0.2, 0) is 0 Å². The molecule has 0 atom stereocenters. The number of hydrogen-bond acceptors (Lipinski definition) is 4. The maximum atomic E-state index is 11.3. The molecule has 0 bridgehead atoms. The second-order valence-corrected chi connectivity index (χ2v) is 4.97. The van der Waals surface area contributed by atoms with Crippen LogP contribution < -0.4 is 11.5 Å². The first-order chi connectivity index (χ1) is 8.56. The van der Waals surface area contributed by atoms with Gasteiger partial charge in [0.25, 0.3) is 5.91 Å². The van der Waals surface area contributed by atoms with Crippen molar-refractivity contribution in [1.82, 2.24) is 4.98 Å². The second-order valence-electron chi connectivity index (χ2n) is 3.90. The van der Waals surface area contributed by atoms with E-state index in [-0.39, 0.29) is 0 Å². The van der Waals surface area contributed by atoms with Crippen LogP contribution in [0.4, 0.5) is 5.69 Å². The molecule has 18 heavy (non-hydrogen) atoms. The maximum Gasteiger partial charge on any atom is 0.251 e. The van der Waals surface area contributed by atoms with Gasteiger partial charge in [-0.05, 0) is 25.1 Å². The molecule has 0 fully saturated rings. The summed E-state index contributed by atoms with van der Waals surface area (Å²) in [5.41, 5.74) is 12.8. The number of pyridine rings is 1. The van der Waals surface area contributed by atoms with E-state index in [1.54, 1.807) is 6.07 Å². The molecule has 4 nitrogen and oxygen atoms in total. The van der Waals surface area contributed by atoms with Crippen LogP contribution in [-0.4, -0.2) is 10.9 Å². The highest BCUT2D eigenvalue weighted by Crippen LogP contribution is 2.29. The van der Waals surface area contributed by atoms with Crippen LogP contribution in [0.1, 0.15) is 15.9 Å². The first-order valence-corrected chi connectivity index (χ1v) is 6.18. The van der Waals surface area contributed by atoms with Gasteiger partial charge in [0, 0.05) is 4.90 Å². The highest BCUT2D eigenvalue weighted by atomic mass is 32.2. The van der Waals surface area contributed by atoms with Gasteiger partial charge in [0.05, 0.1) is 17.4 Å². The monoisotopic (exact) mass is 259 g/mol. The molecule has 0 spiro atoms. The minimum Gasteiger partial charge on any atom is -0.397 e. The summed E-state index contributed by atoms with van der Waals surface area (Å²) in [6.45, 7) is 2.01. The molecule has 0 aliphatic carbocycles. The molecule has 0 aliphatic rings. The summed E-state index contributed by atoms with van der Waals surface area (Å²) in [5, 5.41) is 0.572. The lowest BCUT2D eigenvalue weighted by atomic mass is 10.2. The SMILES string of the molecule is Cc1cccc(Sc2ncc(N)cc2C(N)=O)c1. The van der Waals surface area contributed by atoms with Gasteiger partial charge in [-0.2, -0.15) is 0 Å². The molecular formula is C13H13N3OS. The number of primary amides is 1. The summed E-state index contributed by atoms with van der Waals surface area (Å²) < 4.78 is 0. The van der Waals surface area contributed by atoms with Gasteiger partial charge < -0.3 is 11.5 Å². The Labute approximate surface area is 109 Å². The van der Waals surface area contributed by atoms with Gasteiger partial charge >= 0.3 is 0 Å². The quantitative estimate of drug-likeness (QED) is 0.885. The van der Waals surface area contributed by atoms with Crippen molar-refractivity contribution in [2.75, 3.05) is 5.73 Å². The van der Waals surface area contributed by atoms with Crippen LogP contribution in [0.3, 0.4) is 0 Å². The highest BCUT2D eigenvalue weighted by Gasteiger charge is 2.11. The first-order valence-electron chi connectivity index (χ1n) is 5.36. The molecule has 4 N–H and O–H groups in total. The third kappa shape index (κ3) is 2.81. The van der Waals surface area contributed by atoms with Crippen LogP contribution in [0.5, 0.6) is 0 Å². The van der Waals surface area contributed by atoms with Gasteiger partial charge in [0.2, 0.25) is 0 Å². The Kier molecular flexibility index (Phi) is 3.53. The van der Waals surface area contributed by atoms with Gasteiger partial charge in [0.15, 0.2) is 0 Å². The van der Waals surface area contributed by atoms with E-state index in [1.807, 2.05) is 31.2 Å². The first kappa shape index (κ1) is 12.4. The van der Waals surface area contributed by atoms with Gasteiger partial charge in [0.1, 0.15) is 5.03 Å². The van der Waals surface area contributed by atoms with Crippen molar-refractivity contribution in [2.24, 2.45) is 5.73 Å². The van der Waals surface area contributed by atoms with Crippen LogP contribution in [0.15, 0.2) is 46.5 Å². The smallest absolute Gasteiger partial charge is 0.251 e. The number of amides is 1. The summed E-state index contributed by atoms with van der Waals surface area (Å²) in [7, 11) is 0. The summed E-state index contributed by atoms with van der Waals surface area (Å²) in [6, 6.07) is 9.50. The Morgan fingerprint density at radius 2 is 2.11 bits per heavy atom. The minimum atomic E-state index is -0.523. The molecule has 2 rings (SSSR count).